The predicted octanol–water partition coefficient (Wildman–Crippen LogP) is 8.23. The maximum atomic E-state index is 13.1. The number of amides is 1. The Bertz CT molecular complexity index is 1290. The van der Waals surface area contributed by atoms with Crippen LogP contribution in [0.5, 0.6) is 0 Å². The van der Waals surface area contributed by atoms with Crippen molar-refractivity contribution in [3.8, 4) is 0 Å². The second kappa shape index (κ2) is 11.9. The molecule has 0 unspecified atom stereocenters. The number of aromatic nitrogens is 2. The molecule has 0 saturated carbocycles. The predicted molar refractivity (Wildman–Crippen MR) is 138 cm³/mol. The lowest BCUT2D eigenvalue weighted by Gasteiger charge is -2.22. The molecule has 1 amide bonds. The second-order valence-electron chi connectivity index (χ2n) is 8.86. The summed E-state index contributed by atoms with van der Waals surface area (Å²) in [5.74, 6) is 0.424. The number of carbonyl (C=O) groups is 1. The summed E-state index contributed by atoms with van der Waals surface area (Å²) in [7, 11) is 0. The fourth-order valence-corrected chi connectivity index (χ4v) is 4.52. The fourth-order valence-electron chi connectivity index (χ4n) is 3.91. The van der Waals surface area contributed by atoms with Crippen molar-refractivity contribution in [2.75, 3.05) is 0 Å². The maximum absolute atomic E-state index is 13.1. The molecule has 11 heteroatoms. The number of ether oxygens (including phenoxy) is 1. The Kier molecular flexibility index (Phi) is 9.32. The van der Waals surface area contributed by atoms with Crippen molar-refractivity contribution in [2.24, 2.45) is 0 Å². The summed E-state index contributed by atoms with van der Waals surface area (Å²) >= 11 is 17.4. The summed E-state index contributed by atoms with van der Waals surface area (Å²) in [6.07, 6.45) is -2.52. The van der Waals surface area contributed by atoms with Crippen LogP contribution in [0.25, 0.3) is 0 Å². The number of nitrogens with zero attached hydrogens (tertiary/aromatic N) is 3. The van der Waals surface area contributed by atoms with E-state index in [2.05, 4.69) is 9.97 Å². The van der Waals surface area contributed by atoms with Gasteiger partial charge in [0.2, 0.25) is 0 Å². The zero-order valence-electron chi connectivity index (χ0n) is 20.5. The van der Waals surface area contributed by atoms with E-state index in [1.54, 1.807) is 32.3 Å². The molecule has 37 heavy (non-hydrogen) atoms. The van der Waals surface area contributed by atoms with E-state index in [4.69, 9.17) is 39.5 Å². The van der Waals surface area contributed by atoms with Gasteiger partial charge in [0.05, 0.1) is 24.0 Å². The van der Waals surface area contributed by atoms with Crippen LogP contribution < -0.4 is 0 Å². The lowest BCUT2D eigenvalue weighted by Crippen LogP contribution is -2.31. The molecule has 3 heterocycles. The van der Waals surface area contributed by atoms with Gasteiger partial charge < -0.3 is 4.74 Å². The Morgan fingerprint density at radius 1 is 0.919 bits per heavy atom. The van der Waals surface area contributed by atoms with Gasteiger partial charge in [0.1, 0.15) is 16.4 Å². The van der Waals surface area contributed by atoms with Crippen LogP contribution in [0, 0.1) is 20.8 Å². The van der Waals surface area contributed by atoms with Gasteiger partial charge in [-0.05, 0) is 62.6 Å². The van der Waals surface area contributed by atoms with Crippen LogP contribution in [-0.2, 0) is 23.3 Å². The number of hydrogen-bond acceptors (Lipinski definition) is 4. The van der Waals surface area contributed by atoms with Crippen LogP contribution in [0.4, 0.5) is 18.0 Å². The molecule has 3 aromatic rings. The minimum atomic E-state index is -4.47. The van der Waals surface area contributed by atoms with E-state index in [-0.39, 0.29) is 11.7 Å². The zero-order valence-corrected chi connectivity index (χ0v) is 22.8. The summed E-state index contributed by atoms with van der Waals surface area (Å²) in [4.78, 5) is 21.8. The van der Waals surface area contributed by atoms with Crippen LogP contribution in [0.2, 0.25) is 10.3 Å². The van der Waals surface area contributed by atoms with E-state index in [9.17, 15) is 18.0 Å². The number of halogens is 6. The molecular formula is C26H25Cl3F3N3O2. The Morgan fingerprint density at radius 3 is 2.03 bits per heavy atom. The summed E-state index contributed by atoms with van der Waals surface area (Å²) in [6.45, 7) is 7.30. The van der Waals surface area contributed by atoms with Crippen LogP contribution >= 0.6 is 34.8 Å². The molecule has 0 radical (unpaired) electrons. The SMILES string of the molecule is Cc1cc([C@H]2OC(=O)N(Cc3cc(C)cnc3Cl)[C@H]2C)cc(C(F)(F)F)c1.Cc1cnc(Cl)c(CCl)c1. The molecule has 2 aromatic heterocycles. The number of rotatable bonds is 4. The monoisotopic (exact) mass is 573 g/mol. The van der Waals surface area contributed by atoms with Gasteiger partial charge in [-0.1, -0.05) is 40.9 Å². The fraction of sp³-hybridized carbons (Fsp3) is 0.346. The first-order valence-corrected chi connectivity index (χ1v) is 12.5. The van der Waals surface area contributed by atoms with Gasteiger partial charge in [-0.25, -0.2) is 14.8 Å². The van der Waals surface area contributed by atoms with E-state index < -0.39 is 30.0 Å². The molecule has 4 rings (SSSR count). The molecule has 0 aliphatic carbocycles. The van der Waals surface area contributed by atoms with Gasteiger partial charge in [0.25, 0.3) is 0 Å². The van der Waals surface area contributed by atoms with Gasteiger partial charge in [-0.3, -0.25) is 4.90 Å². The highest BCUT2D eigenvalue weighted by molar-refractivity contribution is 6.31. The number of benzene rings is 1. The van der Waals surface area contributed by atoms with Crippen molar-refractivity contribution in [1.29, 1.82) is 0 Å². The zero-order chi connectivity index (χ0) is 27.5. The van der Waals surface area contributed by atoms with Gasteiger partial charge in [-0.15, -0.1) is 11.6 Å². The first kappa shape index (κ1) is 29.0. The van der Waals surface area contributed by atoms with Crippen molar-refractivity contribution < 1.29 is 22.7 Å². The largest absolute Gasteiger partial charge is 0.439 e. The average molecular weight is 575 g/mol. The van der Waals surface area contributed by atoms with Crippen molar-refractivity contribution in [1.82, 2.24) is 14.9 Å². The smallest absolute Gasteiger partial charge is 0.416 e. The van der Waals surface area contributed by atoms with Crippen molar-refractivity contribution in [2.45, 2.75) is 58.4 Å². The first-order valence-electron chi connectivity index (χ1n) is 11.2. The molecule has 5 nitrogen and oxygen atoms in total. The van der Waals surface area contributed by atoms with Gasteiger partial charge in [-0.2, -0.15) is 13.2 Å². The Morgan fingerprint density at radius 2 is 1.49 bits per heavy atom. The molecule has 1 fully saturated rings. The normalized spacial score (nSPS) is 17.4. The van der Waals surface area contributed by atoms with E-state index in [0.29, 0.717) is 27.7 Å². The number of alkyl halides is 4. The van der Waals surface area contributed by atoms with E-state index >= 15 is 0 Å². The van der Waals surface area contributed by atoms with Gasteiger partial charge >= 0.3 is 12.3 Å². The minimum Gasteiger partial charge on any atom is -0.439 e. The number of cyclic esters (lactones) is 1. The van der Waals surface area contributed by atoms with Crippen LogP contribution in [0.1, 0.15) is 52.0 Å². The quantitative estimate of drug-likeness (QED) is 0.233. The molecule has 198 valence electrons. The van der Waals surface area contributed by atoms with E-state index in [1.165, 1.54) is 4.90 Å². The number of carbonyl (C=O) groups excluding carboxylic acids is 1. The van der Waals surface area contributed by atoms with Crippen LogP contribution in [0.3, 0.4) is 0 Å². The molecule has 0 bridgehead atoms. The van der Waals surface area contributed by atoms with E-state index in [0.717, 1.165) is 28.8 Å². The molecule has 0 spiro atoms. The van der Waals surface area contributed by atoms with Crippen LogP contribution in [0.15, 0.2) is 42.7 Å². The summed E-state index contributed by atoms with van der Waals surface area (Å²) in [5, 5.41) is 0.777. The second-order valence-corrected chi connectivity index (χ2v) is 9.85. The van der Waals surface area contributed by atoms with Crippen molar-refractivity contribution >= 4 is 40.9 Å². The molecule has 1 aromatic carbocycles. The number of aryl methyl sites for hydroxylation is 3. The third-order valence-electron chi connectivity index (χ3n) is 5.73. The maximum Gasteiger partial charge on any atom is 0.416 e. The Labute approximate surface area is 228 Å². The molecular weight excluding hydrogens is 550 g/mol. The molecule has 0 N–H and O–H groups in total. The topological polar surface area (TPSA) is 55.3 Å². The van der Waals surface area contributed by atoms with Gasteiger partial charge in [0, 0.05) is 23.5 Å². The first-order chi connectivity index (χ1) is 17.3. The highest BCUT2D eigenvalue weighted by Crippen LogP contribution is 2.38. The summed E-state index contributed by atoms with van der Waals surface area (Å²) in [5.41, 5.74) is 3.53. The third kappa shape index (κ3) is 7.27. The number of hydrogen-bond donors (Lipinski definition) is 0. The van der Waals surface area contributed by atoms with Gasteiger partial charge in [0.15, 0.2) is 0 Å². The number of pyridine rings is 2. The standard InChI is InChI=1S/C19H18ClF3N2O2.C7H7Cl2N/c1-10-4-13(7-15(6-10)19(21,22)23)16-12(3)25(18(26)27-16)9-14-5-11(2)8-24-17(14)20;1-5-2-6(3-8)7(9)10-4-5/h4-8,12,16H,9H2,1-3H3;2,4H,3H2,1H3/t12-,16-;/m0./s1. The van der Waals surface area contributed by atoms with E-state index in [1.807, 2.05) is 26.0 Å². The lowest BCUT2D eigenvalue weighted by molar-refractivity contribution is -0.137. The summed E-state index contributed by atoms with van der Waals surface area (Å²) < 4.78 is 44.7. The Hall–Kier alpha value is -2.55. The molecule has 1 aliphatic rings. The Balaban J connectivity index is 0.000000319. The molecule has 1 saturated heterocycles. The lowest BCUT2D eigenvalue weighted by atomic mass is 9.98. The van der Waals surface area contributed by atoms with Crippen molar-refractivity contribution in [3.05, 3.63) is 92.0 Å². The average Bonchev–Trinajstić information content (AvgIpc) is 3.10. The van der Waals surface area contributed by atoms with Crippen molar-refractivity contribution in [3.63, 3.8) is 0 Å². The highest BCUT2D eigenvalue weighted by atomic mass is 35.5. The molecule has 1 aliphatic heterocycles. The molecule has 2 atom stereocenters. The minimum absolute atomic E-state index is 0.169. The van der Waals surface area contributed by atoms with Crippen LogP contribution in [-0.4, -0.2) is 27.0 Å². The highest BCUT2D eigenvalue weighted by Gasteiger charge is 2.41. The third-order valence-corrected chi connectivity index (χ3v) is 6.70. The summed E-state index contributed by atoms with van der Waals surface area (Å²) in [6, 6.07) is 7.00.